The van der Waals surface area contributed by atoms with E-state index in [1.165, 1.54) is 6.92 Å². The highest BCUT2D eigenvalue weighted by molar-refractivity contribution is 5.84. The summed E-state index contributed by atoms with van der Waals surface area (Å²) in [5.74, 6) is -0.138. The Hall–Kier alpha value is -2.84. The molecule has 1 atom stereocenters. The number of nitrogens with one attached hydrogen (secondary N) is 2. The molecule has 25 heavy (non-hydrogen) atoms. The number of nitrogens with two attached hydrogens (primary N) is 1. The SMILES string of the molecule is Cc1nc(NC(=O)OC(C)(C)C)ccc1CNC(=O)C(C)OC(N)=O. The van der Waals surface area contributed by atoms with Crippen LogP contribution in [-0.2, 0) is 20.8 Å². The fourth-order valence-electron chi connectivity index (χ4n) is 1.81. The van der Waals surface area contributed by atoms with Gasteiger partial charge in [-0.15, -0.1) is 0 Å². The van der Waals surface area contributed by atoms with Gasteiger partial charge in [-0.1, -0.05) is 6.07 Å². The van der Waals surface area contributed by atoms with Crippen LogP contribution in [0.15, 0.2) is 12.1 Å². The summed E-state index contributed by atoms with van der Waals surface area (Å²) in [6.45, 7) is 8.64. The Morgan fingerprint density at radius 3 is 2.44 bits per heavy atom. The Bertz CT molecular complexity index is 654. The number of carbonyl (C=O) groups excluding carboxylic acids is 3. The van der Waals surface area contributed by atoms with Gasteiger partial charge in [-0.3, -0.25) is 10.1 Å². The van der Waals surface area contributed by atoms with E-state index in [4.69, 9.17) is 10.5 Å². The molecule has 9 nitrogen and oxygen atoms in total. The predicted molar refractivity (Wildman–Crippen MR) is 90.8 cm³/mol. The number of aryl methyl sites for hydroxylation is 1. The molecule has 1 unspecified atom stereocenters. The first-order valence-corrected chi connectivity index (χ1v) is 7.68. The van der Waals surface area contributed by atoms with Crippen LogP contribution in [-0.4, -0.2) is 34.8 Å². The van der Waals surface area contributed by atoms with Gasteiger partial charge in [0.05, 0.1) is 0 Å². The Balaban J connectivity index is 2.62. The van der Waals surface area contributed by atoms with Crippen LogP contribution in [0.4, 0.5) is 15.4 Å². The molecule has 0 aliphatic carbocycles. The molecule has 1 heterocycles. The average molecular weight is 352 g/mol. The average Bonchev–Trinajstić information content (AvgIpc) is 2.43. The molecular formula is C16H24N4O5. The van der Waals surface area contributed by atoms with Crippen molar-refractivity contribution in [1.82, 2.24) is 10.3 Å². The molecule has 4 N–H and O–H groups in total. The molecule has 9 heteroatoms. The molecule has 0 radical (unpaired) electrons. The standard InChI is InChI=1S/C16H24N4O5/c1-9-11(8-18-13(21)10(2)24-14(17)22)6-7-12(19-9)20-15(23)25-16(3,4)5/h6-7,10H,8H2,1-5H3,(H2,17,22)(H,18,21)(H,19,20,23). The molecular weight excluding hydrogens is 328 g/mol. The molecule has 0 aromatic carbocycles. The first-order chi connectivity index (χ1) is 11.5. The molecule has 1 aromatic rings. The van der Waals surface area contributed by atoms with Crippen LogP contribution in [0.2, 0.25) is 0 Å². The number of anilines is 1. The quantitative estimate of drug-likeness (QED) is 0.740. The van der Waals surface area contributed by atoms with E-state index < -0.39 is 29.8 Å². The fraction of sp³-hybridized carbons (Fsp3) is 0.500. The molecule has 0 spiro atoms. The van der Waals surface area contributed by atoms with E-state index in [2.05, 4.69) is 20.4 Å². The summed E-state index contributed by atoms with van der Waals surface area (Å²) >= 11 is 0. The van der Waals surface area contributed by atoms with Crippen molar-refractivity contribution in [1.29, 1.82) is 0 Å². The number of hydrogen-bond acceptors (Lipinski definition) is 6. The summed E-state index contributed by atoms with van der Waals surface area (Å²) in [7, 11) is 0. The topological polar surface area (TPSA) is 133 Å². The van der Waals surface area contributed by atoms with Gasteiger partial charge in [-0.2, -0.15) is 0 Å². The first-order valence-electron chi connectivity index (χ1n) is 7.68. The Labute approximate surface area is 146 Å². The summed E-state index contributed by atoms with van der Waals surface area (Å²) in [5, 5.41) is 5.15. The monoisotopic (exact) mass is 352 g/mol. The van der Waals surface area contributed by atoms with Crippen molar-refractivity contribution in [2.75, 3.05) is 5.32 Å². The van der Waals surface area contributed by atoms with Crippen LogP contribution in [0, 0.1) is 6.92 Å². The third kappa shape index (κ3) is 7.51. The van der Waals surface area contributed by atoms with Crippen molar-refractivity contribution in [3.63, 3.8) is 0 Å². The van der Waals surface area contributed by atoms with E-state index in [1.807, 2.05) is 0 Å². The van der Waals surface area contributed by atoms with E-state index in [-0.39, 0.29) is 6.54 Å². The third-order valence-electron chi connectivity index (χ3n) is 2.94. The number of rotatable bonds is 5. The normalized spacial score (nSPS) is 12.0. The predicted octanol–water partition coefficient (Wildman–Crippen LogP) is 1.84. The maximum Gasteiger partial charge on any atom is 0.413 e. The summed E-state index contributed by atoms with van der Waals surface area (Å²) in [4.78, 5) is 38.4. The minimum Gasteiger partial charge on any atom is -0.444 e. The molecule has 1 aromatic heterocycles. The highest BCUT2D eigenvalue weighted by atomic mass is 16.6. The summed E-state index contributed by atoms with van der Waals surface area (Å²) in [5.41, 5.74) is 5.62. The van der Waals surface area contributed by atoms with Gasteiger partial charge >= 0.3 is 12.2 Å². The van der Waals surface area contributed by atoms with E-state index >= 15 is 0 Å². The highest BCUT2D eigenvalue weighted by Gasteiger charge is 2.18. The minimum atomic E-state index is -1.02. The number of ether oxygens (including phenoxy) is 2. The molecule has 1 rings (SSSR count). The molecule has 0 aliphatic rings. The molecule has 0 aliphatic heterocycles. The van der Waals surface area contributed by atoms with Gasteiger partial charge in [-0.25, -0.2) is 14.6 Å². The molecule has 0 saturated heterocycles. The van der Waals surface area contributed by atoms with Crippen LogP contribution in [0.3, 0.4) is 0 Å². The van der Waals surface area contributed by atoms with Crippen LogP contribution >= 0.6 is 0 Å². The number of pyridine rings is 1. The lowest BCUT2D eigenvalue weighted by atomic mass is 10.2. The first kappa shape index (κ1) is 20.2. The van der Waals surface area contributed by atoms with E-state index in [0.29, 0.717) is 11.5 Å². The lowest BCUT2D eigenvalue weighted by Gasteiger charge is -2.19. The summed E-state index contributed by atoms with van der Waals surface area (Å²) in [6, 6.07) is 3.32. The van der Waals surface area contributed by atoms with Gasteiger partial charge < -0.3 is 20.5 Å². The zero-order valence-electron chi connectivity index (χ0n) is 15.0. The molecule has 138 valence electrons. The third-order valence-corrected chi connectivity index (χ3v) is 2.94. The largest absolute Gasteiger partial charge is 0.444 e. The van der Waals surface area contributed by atoms with Gasteiger partial charge in [0.25, 0.3) is 5.91 Å². The number of carbonyl (C=O) groups is 3. The lowest BCUT2D eigenvalue weighted by Crippen LogP contribution is -2.36. The van der Waals surface area contributed by atoms with Crippen molar-refractivity contribution >= 4 is 23.9 Å². The van der Waals surface area contributed by atoms with E-state index in [0.717, 1.165) is 5.56 Å². The van der Waals surface area contributed by atoms with Crippen molar-refractivity contribution in [2.45, 2.75) is 52.9 Å². The minimum absolute atomic E-state index is 0.191. The highest BCUT2D eigenvalue weighted by Crippen LogP contribution is 2.13. The second-order valence-electron chi connectivity index (χ2n) is 6.36. The van der Waals surface area contributed by atoms with Crippen LogP contribution in [0.25, 0.3) is 0 Å². The van der Waals surface area contributed by atoms with Crippen molar-refractivity contribution in [3.8, 4) is 0 Å². The fourth-order valence-corrected chi connectivity index (χ4v) is 1.81. The van der Waals surface area contributed by atoms with Gasteiger partial charge in [0.2, 0.25) is 0 Å². The maximum absolute atomic E-state index is 11.8. The number of primary amides is 1. The van der Waals surface area contributed by atoms with Crippen LogP contribution < -0.4 is 16.4 Å². The number of aromatic nitrogens is 1. The number of amides is 3. The van der Waals surface area contributed by atoms with Crippen LogP contribution in [0.5, 0.6) is 0 Å². The molecule has 0 fully saturated rings. The number of nitrogens with zero attached hydrogens (tertiary/aromatic N) is 1. The Kier molecular flexibility index (Phi) is 6.72. The molecule has 0 bridgehead atoms. The Morgan fingerprint density at radius 2 is 1.92 bits per heavy atom. The van der Waals surface area contributed by atoms with Gasteiger partial charge in [-0.05, 0) is 46.2 Å². The van der Waals surface area contributed by atoms with Crippen molar-refractivity contribution in [3.05, 3.63) is 23.4 Å². The lowest BCUT2D eigenvalue weighted by molar-refractivity contribution is -0.128. The Morgan fingerprint density at radius 1 is 1.28 bits per heavy atom. The second-order valence-corrected chi connectivity index (χ2v) is 6.36. The van der Waals surface area contributed by atoms with Gasteiger partial charge in [0, 0.05) is 12.2 Å². The van der Waals surface area contributed by atoms with Gasteiger partial charge in [0.1, 0.15) is 11.4 Å². The number of hydrogen-bond donors (Lipinski definition) is 3. The van der Waals surface area contributed by atoms with Gasteiger partial charge in [0.15, 0.2) is 6.10 Å². The van der Waals surface area contributed by atoms with Crippen molar-refractivity contribution < 1.29 is 23.9 Å². The molecule has 3 amide bonds. The van der Waals surface area contributed by atoms with E-state index in [9.17, 15) is 14.4 Å². The van der Waals surface area contributed by atoms with Crippen LogP contribution in [0.1, 0.15) is 39.0 Å². The maximum atomic E-state index is 11.8. The summed E-state index contributed by atoms with van der Waals surface area (Å²) < 4.78 is 9.73. The smallest absolute Gasteiger partial charge is 0.413 e. The summed E-state index contributed by atoms with van der Waals surface area (Å²) in [6.07, 6.45) is -2.60. The van der Waals surface area contributed by atoms with E-state index in [1.54, 1.807) is 39.8 Å². The second kappa shape index (κ2) is 8.32. The zero-order valence-corrected chi connectivity index (χ0v) is 15.0. The molecule has 0 saturated carbocycles. The van der Waals surface area contributed by atoms with Crippen molar-refractivity contribution in [2.24, 2.45) is 5.73 Å². The zero-order chi connectivity index (χ0) is 19.2.